The number of hydrogen-bond acceptors (Lipinski definition) is 8. The molecule has 0 saturated carbocycles. The predicted octanol–water partition coefficient (Wildman–Crippen LogP) is 4.17. The summed E-state index contributed by atoms with van der Waals surface area (Å²) in [5.41, 5.74) is 3.11. The van der Waals surface area contributed by atoms with E-state index >= 15 is 0 Å². The van der Waals surface area contributed by atoms with Gasteiger partial charge in [0.05, 0.1) is 31.0 Å². The van der Waals surface area contributed by atoms with Crippen molar-refractivity contribution in [2.24, 2.45) is 5.10 Å². The Morgan fingerprint density at radius 1 is 1.05 bits per heavy atom. The van der Waals surface area contributed by atoms with Crippen molar-refractivity contribution in [3.05, 3.63) is 96.8 Å². The minimum Gasteiger partial charge on any atom is -0.497 e. The van der Waals surface area contributed by atoms with Gasteiger partial charge in [-0.2, -0.15) is 10.2 Å². The normalized spacial score (nSPS) is 15.1. The van der Waals surface area contributed by atoms with Crippen molar-refractivity contribution in [2.45, 2.75) is 12.5 Å². The molecule has 0 radical (unpaired) electrons. The second-order valence-corrected chi connectivity index (χ2v) is 8.35. The summed E-state index contributed by atoms with van der Waals surface area (Å²) < 4.78 is 18.4. The molecule has 0 spiro atoms. The molecular formula is C27H22N6O4. The SMILES string of the molecule is COc1ccc(C2=NN(C(=O)COc3ncnc4c3cnn4-c3ccccc3)[C@@H](c3ccco3)C2)cc1. The number of hydrazone groups is 1. The highest BCUT2D eigenvalue weighted by atomic mass is 16.5. The van der Waals surface area contributed by atoms with Crippen molar-refractivity contribution in [1.29, 1.82) is 0 Å². The lowest BCUT2D eigenvalue weighted by Gasteiger charge is -2.19. The lowest BCUT2D eigenvalue weighted by molar-refractivity contribution is -0.135. The van der Waals surface area contributed by atoms with E-state index < -0.39 is 0 Å². The summed E-state index contributed by atoms with van der Waals surface area (Å²) in [5.74, 6) is 1.34. The average molecular weight is 495 g/mol. The van der Waals surface area contributed by atoms with Crippen LogP contribution in [0.15, 0.2) is 95.0 Å². The summed E-state index contributed by atoms with van der Waals surface area (Å²) in [7, 11) is 1.62. The van der Waals surface area contributed by atoms with Crippen LogP contribution in [0.5, 0.6) is 11.6 Å². The molecule has 4 heterocycles. The average Bonchev–Trinajstić information content (AvgIpc) is 3.72. The molecule has 1 amide bonds. The first-order chi connectivity index (χ1) is 18.2. The number of aromatic nitrogens is 4. The second-order valence-electron chi connectivity index (χ2n) is 8.35. The van der Waals surface area contributed by atoms with Gasteiger partial charge in [0.1, 0.15) is 29.3 Å². The molecular weight excluding hydrogens is 472 g/mol. The topological polar surface area (TPSA) is 108 Å². The van der Waals surface area contributed by atoms with Gasteiger partial charge in [-0.1, -0.05) is 18.2 Å². The number of nitrogens with zero attached hydrogens (tertiary/aromatic N) is 6. The summed E-state index contributed by atoms with van der Waals surface area (Å²) in [6, 6.07) is 20.5. The summed E-state index contributed by atoms with van der Waals surface area (Å²) >= 11 is 0. The largest absolute Gasteiger partial charge is 0.497 e. The van der Waals surface area contributed by atoms with Crippen LogP contribution in [0.25, 0.3) is 16.7 Å². The Morgan fingerprint density at radius 3 is 2.65 bits per heavy atom. The van der Waals surface area contributed by atoms with E-state index in [9.17, 15) is 4.79 Å². The first-order valence-corrected chi connectivity index (χ1v) is 11.7. The van der Waals surface area contributed by atoms with Crippen molar-refractivity contribution >= 4 is 22.7 Å². The molecule has 5 aromatic rings. The van der Waals surface area contributed by atoms with Gasteiger partial charge in [0.15, 0.2) is 12.3 Å². The van der Waals surface area contributed by atoms with Crippen molar-refractivity contribution in [3.63, 3.8) is 0 Å². The van der Waals surface area contributed by atoms with E-state index in [1.807, 2.05) is 60.7 Å². The molecule has 6 rings (SSSR count). The molecule has 1 aliphatic rings. The van der Waals surface area contributed by atoms with Crippen LogP contribution in [0.1, 0.15) is 23.8 Å². The van der Waals surface area contributed by atoms with E-state index in [1.165, 1.54) is 11.3 Å². The maximum absolute atomic E-state index is 13.3. The number of methoxy groups -OCH3 is 1. The summed E-state index contributed by atoms with van der Waals surface area (Å²) in [5, 5.41) is 11.1. The molecule has 0 N–H and O–H groups in total. The fourth-order valence-corrected chi connectivity index (χ4v) is 4.29. The smallest absolute Gasteiger partial charge is 0.281 e. The summed E-state index contributed by atoms with van der Waals surface area (Å²) in [6.07, 6.45) is 5.11. The van der Waals surface area contributed by atoms with Crippen LogP contribution >= 0.6 is 0 Å². The fraction of sp³-hybridized carbons (Fsp3) is 0.148. The first-order valence-electron chi connectivity index (χ1n) is 11.7. The molecule has 1 aliphatic heterocycles. The number of ether oxygens (including phenoxy) is 2. The number of amides is 1. The highest BCUT2D eigenvalue weighted by molar-refractivity contribution is 6.03. The van der Waals surface area contributed by atoms with Gasteiger partial charge in [0, 0.05) is 6.42 Å². The van der Waals surface area contributed by atoms with Crippen molar-refractivity contribution in [3.8, 4) is 17.3 Å². The van der Waals surface area contributed by atoms with Crippen molar-refractivity contribution < 1.29 is 18.7 Å². The molecule has 0 unspecified atom stereocenters. The number of hydrogen-bond donors (Lipinski definition) is 0. The van der Waals surface area contributed by atoms with Crippen LogP contribution in [-0.4, -0.2) is 50.1 Å². The summed E-state index contributed by atoms with van der Waals surface area (Å²) in [6.45, 7) is -0.265. The third-order valence-electron chi connectivity index (χ3n) is 6.12. The van der Waals surface area contributed by atoms with Crippen LogP contribution in [0.4, 0.5) is 0 Å². The van der Waals surface area contributed by atoms with E-state index in [0.29, 0.717) is 23.2 Å². The van der Waals surface area contributed by atoms with Crippen molar-refractivity contribution in [2.75, 3.05) is 13.7 Å². The molecule has 184 valence electrons. The minimum atomic E-state index is -0.380. The Morgan fingerprint density at radius 2 is 1.89 bits per heavy atom. The Balaban J connectivity index is 1.24. The zero-order chi connectivity index (χ0) is 25.2. The first kappa shape index (κ1) is 22.5. The Bertz CT molecular complexity index is 1560. The highest BCUT2D eigenvalue weighted by Crippen LogP contribution is 2.33. The van der Waals surface area contributed by atoms with E-state index in [4.69, 9.17) is 13.9 Å². The zero-order valence-electron chi connectivity index (χ0n) is 19.9. The van der Waals surface area contributed by atoms with Gasteiger partial charge in [-0.15, -0.1) is 0 Å². The summed E-state index contributed by atoms with van der Waals surface area (Å²) in [4.78, 5) is 21.9. The van der Waals surface area contributed by atoms with Crippen LogP contribution in [0.2, 0.25) is 0 Å². The molecule has 10 nitrogen and oxygen atoms in total. The number of rotatable bonds is 7. The minimum absolute atomic E-state index is 0.265. The Labute approximate surface area is 211 Å². The third-order valence-corrected chi connectivity index (χ3v) is 6.12. The van der Waals surface area contributed by atoms with Gasteiger partial charge >= 0.3 is 0 Å². The molecule has 2 aromatic carbocycles. The number of carbonyl (C=O) groups is 1. The molecule has 37 heavy (non-hydrogen) atoms. The number of fused-ring (bicyclic) bond motifs is 1. The molecule has 1 atom stereocenters. The van der Waals surface area contributed by atoms with Gasteiger partial charge in [-0.3, -0.25) is 4.79 Å². The van der Waals surface area contributed by atoms with Gasteiger partial charge in [0.2, 0.25) is 5.88 Å². The van der Waals surface area contributed by atoms with Crippen LogP contribution in [0, 0.1) is 0 Å². The van der Waals surface area contributed by atoms with Gasteiger partial charge in [-0.05, 0) is 54.1 Å². The predicted molar refractivity (Wildman–Crippen MR) is 135 cm³/mol. The van der Waals surface area contributed by atoms with E-state index in [2.05, 4.69) is 20.2 Å². The Kier molecular flexibility index (Phi) is 5.81. The van der Waals surface area contributed by atoms with Gasteiger partial charge in [0.25, 0.3) is 5.91 Å². The number of carbonyl (C=O) groups excluding carboxylic acids is 1. The maximum atomic E-state index is 13.3. The lowest BCUT2D eigenvalue weighted by Crippen LogP contribution is -2.31. The van der Waals surface area contributed by atoms with Crippen LogP contribution < -0.4 is 9.47 Å². The quantitative estimate of drug-likeness (QED) is 0.334. The molecule has 3 aromatic heterocycles. The molecule has 10 heteroatoms. The number of furan rings is 1. The van der Waals surface area contributed by atoms with E-state index in [-0.39, 0.29) is 24.4 Å². The molecule has 0 bridgehead atoms. The highest BCUT2D eigenvalue weighted by Gasteiger charge is 2.35. The third kappa shape index (κ3) is 4.29. The van der Waals surface area contributed by atoms with Gasteiger partial charge in [-0.25, -0.2) is 19.7 Å². The maximum Gasteiger partial charge on any atom is 0.281 e. The van der Waals surface area contributed by atoms with Crippen LogP contribution in [-0.2, 0) is 4.79 Å². The lowest BCUT2D eigenvalue weighted by atomic mass is 10.0. The molecule has 0 aliphatic carbocycles. The van der Waals surface area contributed by atoms with E-state index in [1.54, 1.807) is 30.3 Å². The Hall–Kier alpha value is -4.99. The monoisotopic (exact) mass is 494 g/mol. The number of para-hydroxylation sites is 1. The van der Waals surface area contributed by atoms with Gasteiger partial charge < -0.3 is 13.9 Å². The molecule has 0 fully saturated rings. The van der Waals surface area contributed by atoms with Crippen LogP contribution in [0.3, 0.4) is 0 Å². The van der Waals surface area contributed by atoms with Crippen molar-refractivity contribution in [1.82, 2.24) is 24.8 Å². The zero-order valence-corrected chi connectivity index (χ0v) is 19.9. The fourth-order valence-electron chi connectivity index (χ4n) is 4.29. The standard InChI is InChI=1S/C27H22N6O4/c1-35-20-11-9-18(10-12-20)22-14-23(24-8-5-13-36-24)33(31-22)25(34)16-37-27-21-15-30-32(26(21)28-17-29-27)19-6-3-2-4-7-19/h2-13,15,17,23H,14,16H2,1H3/t23-/m1/s1. The molecule has 0 saturated heterocycles. The van der Waals surface area contributed by atoms with E-state index in [0.717, 1.165) is 22.7 Å². The number of benzene rings is 2. The second kappa shape index (κ2) is 9.57.